The molecule has 26 heavy (non-hydrogen) atoms. The van der Waals surface area contributed by atoms with Crippen molar-refractivity contribution in [3.8, 4) is 0 Å². The van der Waals surface area contributed by atoms with Crippen molar-refractivity contribution < 1.29 is 9.59 Å². The molecule has 0 aliphatic carbocycles. The molecule has 0 radical (unpaired) electrons. The normalized spacial score (nSPS) is 16.0. The van der Waals surface area contributed by atoms with Crippen LogP contribution in [0.3, 0.4) is 0 Å². The minimum atomic E-state index is -0.165. The highest BCUT2D eigenvalue weighted by molar-refractivity contribution is 6.06. The molecule has 0 bridgehead atoms. The Morgan fingerprint density at radius 2 is 2.08 bits per heavy atom. The lowest BCUT2D eigenvalue weighted by Gasteiger charge is -2.11. The van der Waals surface area contributed by atoms with E-state index in [0.717, 1.165) is 16.6 Å². The standard InChI is InChI=1S/C19H21N5O2/c1-11(2)21-19(26)17-8-13-7-12(10-24(13)23-17)22-18(25)15-9-20-16-6-4-3-5-14(15)16/h3-6,8-9,11-12,20H,7,10H2,1-2H3,(H,21,26)(H,22,25)/t12-/m0/s1. The summed E-state index contributed by atoms with van der Waals surface area (Å²) in [7, 11) is 0. The van der Waals surface area contributed by atoms with Crippen LogP contribution in [-0.4, -0.2) is 38.7 Å². The summed E-state index contributed by atoms with van der Waals surface area (Å²) in [5.74, 6) is -0.266. The van der Waals surface area contributed by atoms with Crippen LogP contribution >= 0.6 is 0 Å². The fourth-order valence-corrected chi connectivity index (χ4v) is 3.37. The highest BCUT2D eigenvalue weighted by Gasteiger charge is 2.27. The van der Waals surface area contributed by atoms with Crippen LogP contribution in [-0.2, 0) is 13.0 Å². The second kappa shape index (κ2) is 6.33. The van der Waals surface area contributed by atoms with Crippen LogP contribution in [0.1, 0.15) is 40.4 Å². The lowest BCUT2D eigenvalue weighted by molar-refractivity contribution is 0.0924. The molecule has 0 saturated heterocycles. The van der Waals surface area contributed by atoms with Crippen LogP contribution in [0.4, 0.5) is 0 Å². The van der Waals surface area contributed by atoms with Crippen molar-refractivity contribution in [3.63, 3.8) is 0 Å². The van der Waals surface area contributed by atoms with Gasteiger partial charge in [-0.25, -0.2) is 0 Å². The number of carbonyl (C=O) groups is 2. The summed E-state index contributed by atoms with van der Waals surface area (Å²) < 4.78 is 1.80. The average Bonchev–Trinajstić information content (AvgIpc) is 3.26. The summed E-state index contributed by atoms with van der Waals surface area (Å²) >= 11 is 0. The van der Waals surface area contributed by atoms with Gasteiger partial charge in [-0.3, -0.25) is 14.3 Å². The summed E-state index contributed by atoms with van der Waals surface area (Å²) in [6.07, 6.45) is 2.40. The zero-order valence-electron chi connectivity index (χ0n) is 14.7. The molecule has 7 heteroatoms. The number of aromatic nitrogens is 3. The maximum atomic E-state index is 12.6. The third-order valence-corrected chi connectivity index (χ3v) is 4.53. The van der Waals surface area contributed by atoms with E-state index in [0.29, 0.717) is 24.2 Å². The number of nitrogens with zero attached hydrogens (tertiary/aromatic N) is 2. The topological polar surface area (TPSA) is 91.8 Å². The Labute approximate surface area is 150 Å². The molecule has 0 saturated carbocycles. The van der Waals surface area contributed by atoms with E-state index in [1.807, 2.05) is 38.1 Å². The van der Waals surface area contributed by atoms with Crippen molar-refractivity contribution in [3.05, 3.63) is 53.5 Å². The molecule has 0 fully saturated rings. The Kier molecular flexibility index (Phi) is 3.99. The van der Waals surface area contributed by atoms with Gasteiger partial charge in [-0.05, 0) is 26.0 Å². The third-order valence-electron chi connectivity index (χ3n) is 4.53. The molecular formula is C19H21N5O2. The molecule has 4 rings (SSSR count). The first kappa shape index (κ1) is 16.4. The van der Waals surface area contributed by atoms with Crippen molar-refractivity contribution >= 4 is 22.7 Å². The summed E-state index contributed by atoms with van der Waals surface area (Å²) in [5, 5.41) is 11.2. The van der Waals surface area contributed by atoms with Gasteiger partial charge in [0.2, 0.25) is 0 Å². The van der Waals surface area contributed by atoms with Gasteiger partial charge in [-0.15, -0.1) is 0 Å². The molecule has 134 valence electrons. The summed E-state index contributed by atoms with van der Waals surface area (Å²) in [6.45, 7) is 4.40. The van der Waals surface area contributed by atoms with Gasteiger partial charge in [0.25, 0.3) is 11.8 Å². The molecular weight excluding hydrogens is 330 g/mol. The predicted molar refractivity (Wildman–Crippen MR) is 98.1 cm³/mol. The second-order valence-electron chi connectivity index (χ2n) is 6.95. The zero-order chi connectivity index (χ0) is 18.3. The molecule has 2 amide bonds. The smallest absolute Gasteiger partial charge is 0.271 e. The number of nitrogens with one attached hydrogen (secondary N) is 3. The van der Waals surface area contributed by atoms with E-state index < -0.39 is 0 Å². The summed E-state index contributed by atoms with van der Waals surface area (Å²) in [6, 6.07) is 9.57. The highest BCUT2D eigenvalue weighted by atomic mass is 16.2. The summed E-state index contributed by atoms with van der Waals surface area (Å²) in [4.78, 5) is 27.8. The van der Waals surface area contributed by atoms with Gasteiger partial charge in [-0.1, -0.05) is 18.2 Å². The first-order chi connectivity index (χ1) is 12.5. The highest BCUT2D eigenvalue weighted by Crippen LogP contribution is 2.20. The molecule has 1 atom stereocenters. The molecule has 1 aliphatic rings. The zero-order valence-corrected chi connectivity index (χ0v) is 14.7. The van der Waals surface area contributed by atoms with Crippen molar-refractivity contribution in [1.82, 2.24) is 25.4 Å². The minimum absolute atomic E-state index is 0.0270. The van der Waals surface area contributed by atoms with E-state index in [4.69, 9.17) is 0 Å². The van der Waals surface area contributed by atoms with Crippen LogP contribution < -0.4 is 10.6 Å². The first-order valence-corrected chi connectivity index (χ1v) is 8.76. The van der Waals surface area contributed by atoms with Crippen molar-refractivity contribution in [2.75, 3.05) is 0 Å². The maximum absolute atomic E-state index is 12.6. The predicted octanol–water partition coefficient (Wildman–Crippen LogP) is 1.86. The van der Waals surface area contributed by atoms with Crippen LogP contribution in [0.5, 0.6) is 0 Å². The van der Waals surface area contributed by atoms with Crippen LogP contribution in [0.2, 0.25) is 0 Å². The van der Waals surface area contributed by atoms with E-state index in [2.05, 4.69) is 20.7 Å². The third kappa shape index (κ3) is 2.96. The van der Waals surface area contributed by atoms with Gasteiger partial charge in [0.1, 0.15) is 5.69 Å². The quantitative estimate of drug-likeness (QED) is 0.670. The largest absolute Gasteiger partial charge is 0.360 e. The SMILES string of the molecule is CC(C)NC(=O)c1cc2n(n1)C[C@@H](NC(=O)c1c[nH]c3ccccc13)C2. The van der Waals surface area contributed by atoms with E-state index in [1.165, 1.54) is 0 Å². The Hall–Kier alpha value is -3.09. The number of fused-ring (bicyclic) bond motifs is 2. The fourth-order valence-electron chi connectivity index (χ4n) is 3.37. The number of aromatic amines is 1. The lowest BCUT2D eigenvalue weighted by atomic mass is 10.1. The molecule has 1 aliphatic heterocycles. The fraction of sp³-hybridized carbons (Fsp3) is 0.316. The number of hydrogen-bond donors (Lipinski definition) is 3. The van der Waals surface area contributed by atoms with Gasteiger partial charge in [0.05, 0.1) is 18.2 Å². The average molecular weight is 351 g/mol. The Bertz CT molecular complexity index is 961. The molecule has 0 spiro atoms. The van der Waals surface area contributed by atoms with Gasteiger partial charge < -0.3 is 15.6 Å². The van der Waals surface area contributed by atoms with Crippen LogP contribution in [0.15, 0.2) is 36.5 Å². The Morgan fingerprint density at radius 1 is 1.27 bits per heavy atom. The van der Waals surface area contributed by atoms with E-state index in [9.17, 15) is 9.59 Å². The first-order valence-electron chi connectivity index (χ1n) is 8.76. The van der Waals surface area contributed by atoms with Crippen molar-refractivity contribution in [1.29, 1.82) is 0 Å². The molecule has 3 aromatic rings. The Morgan fingerprint density at radius 3 is 2.85 bits per heavy atom. The van der Waals surface area contributed by atoms with Gasteiger partial charge in [0, 0.05) is 35.3 Å². The van der Waals surface area contributed by atoms with Gasteiger partial charge in [-0.2, -0.15) is 5.10 Å². The maximum Gasteiger partial charge on any atom is 0.271 e. The van der Waals surface area contributed by atoms with Crippen molar-refractivity contribution in [2.24, 2.45) is 0 Å². The Balaban J connectivity index is 1.43. The number of rotatable bonds is 4. The molecule has 3 heterocycles. The number of hydrogen-bond acceptors (Lipinski definition) is 3. The molecule has 3 N–H and O–H groups in total. The molecule has 2 aromatic heterocycles. The number of benzene rings is 1. The van der Waals surface area contributed by atoms with E-state index >= 15 is 0 Å². The number of carbonyl (C=O) groups excluding carboxylic acids is 2. The van der Waals surface area contributed by atoms with Gasteiger partial charge >= 0.3 is 0 Å². The number of para-hydroxylation sites is 1. The summed E-state index contributed by atoms with van der Waals surface area (Å²) in [5.41, 5.74) is 2.97. The minimum Gasteiger partial charge on any atom is -0.360 e. The van der Waals surface area contributed by atoms with E-state index in [1.54, 1.807) is 16.9 Å². The second-order valence-corrected chi connectivity index (χ2v) is 6.95. The van der Waals surface area contributed by atoms with Gasteiger partial charge in [0.15, 0.2) is 0 Å². The molecule has 7 nitrogen and oxygen atoms in total. The number of H-pyrrole nitrogens is 1. The van der Waals surface area contributed by atoms with E-state index in [-0.39, 0.29) is 23.9 Å². The number of amides is 2. The molecule has 1 aromatic carbocycles. The lowest BCUT2D eigenvalue weighted by Crippen LogP contribution is -2.36. The van der Waals surface area contributed by atoms with Crippen LogP contribution in [0, 0.1) is 0 Å². The van der Waals surface area contributed by atoms with Crippen molar-refractivity contribution in [2.45, 2.75) is 38.9 Å². The monoisotopic (exact) mass is 351 g/mol. The molecule has 0 unspecified atom stereocenters. The van der Waals surface area contributed by atoms with Crippen LogP contribution in [0.25, 0.3) is 10.9 Å².